The summed E-state index contributed by atoms with van der Waals surface area (Å²) in [7, 11) is -3.02. The molecule has 14 heavy (non-hydrogen) atoms. The summed E-state index contributed by atoms with van der Waals surface area (Å²) in [4.78, 5) is 0. The minimum Gasteiger partial charge on any atom is -0.212 e. The summed E-state index contributed by atoms with van der Waals surface area (Å²) in [5.74, 6) is 0.742. The fourth-order valence-electron chi connectivity index (χ4n) is 1.92. The van der Waals surface area contributed by atoms with Crippen molar-refractivity contribution in [3.05, 3.63) is 0 Å². The first-order chi connectivity index (χ1) is 6.61. The largest absolute Gasteiger partial charge is 0.214 e. The predicted molar refractivity (Wildman–Crippen MR) is 59.1 cm³/mol. The number of alkyl halides is 1. The quantitative estimate of drug-likeness (QED) is 0.702. The monoisotopic (exact) mass is 239 g/mol. The fourth-order valence-corrected chi connectivity index (χ4v) is 3.58. The van der Waals surface area contributed by atoms with E-state index in [4.69, 9.17) is 11.6 Å². The Hall–Kier alpha value is 0.200. The Bertz CT molecular complexity index is 264. The summed E-state index contributed by atoms with van der Waals surface area (Å²) >= 11 is 5.67. The Morgan fingerprint density at radius 2 is 2.14 bits per heavy atom. The molecule has 0 spiro atoms. The molecule has 1 aliphatic heterocycles. The van der Waals surface area contributed by atoms with Crippen LogP contribution in [0.4, 0.5) is 0 Å². The fraction of sp³-hybridized carbons (Fsp3) is 1.00. The Labute approximate surface area is 91.5 Å². The third kappa shape index (κ3) is 2.84. The standard InChI is InChI=1S/C9H18ClNO2S/c1-2-14(12,13)11-8-4-3-5-9(11)6-7-10/h9H,2-8H2,1H3. The van der Waals surface area contributed by atoms with Crippen molar-refractivity contribution in [3.8, 4) is 0 Å². The third-order valence-electron chi connectivity index (χ3n) is 2.74. The van der Waals surface area contributed by atoms with Crippen molar-refractivity contribution in [2.75, 3.05) is 18.2 Å². The van der Waals surface area contributed by atoms with E-state index in [9.17, 15) is 8.42 Å². The molecule has 5 heteroatoms. The van der Waals surface area contributed by atoms with E-state index in [-0.39, 0.29) is 11.8 Å². The number of hydrogen-bond acceptors (Lipinski definition) is 2. The second-order valence-corrected chi connectivity index (χ2v) is 6.23. The summed E-state index contributed by atoms with van der Waals surface area (Å²) in [6.07, 6.45) is 3.85. The van der Waals surface area contributed by atoms with Gasteiger partial charge in [-0.2, -0.15) is 4.31 Å². The molecule has 0 aromatic carbocycles. The van der Waals surface area contributed by atoms with Crippen LogP contribution in [0.25, 0.3) is 0 Å². The van der Waals surface area contributed by atoms with E-state index in [1.54, 1.807) is 11.2 Å². The summed E-state index contributed by atoms with van der Waals surface area (Å²) in [5, 5.41) is 0. The first-order valence-electron chi connectivity index (χ1n) is 5.17. The van der Waals surface area contributed by atoms with Crippen LogP contribution in [0, 0.1) is 0 Å². The van der Waals surface area contributed by atoms with Gasteiger partial charge in [-0.05, 0) is 26.2 Å². The highest BCUT2D eigenvalue weighted by molar-refractivity contribution is 7.89. The van der Waals surface area contributed by atoms with Gasteiger partial charge >= 0.3 is 0 Å². The molecule has 0 aromatic heterocycles. The maximum atomic E-state index is 11.7. The van der Waals surface area contributed by atoms with Gasteiger partial charge in [-0.3, -0.25) is 0 Å². The van der Waals surface area contributed by atoms with Crippen molar-refractivity contribution >= 4 is 21.6 Å². The smallest absolute Gasteiger partial charge is 0.212 e. The second-order valence-electron chi connectivity index (χ2n) is 3.64. The number of rotatable bonds is 4. The molecule has 1 heterocycles. The number of hydrogen-bond donors (Lipinski definition) is 0. The first-order valence-corrected chi connectivity index (χ1v) is 7.31. The third-order valence-corrected chi connectivity index (χ3v) is 4.88. The van der Waals surface area contributed by atoms with Crippen LogP contribution in [0.2, 0.25) is 0 Å². The number of piperidine rings is 1. The van der Waals surface area contributed by atoms with E-state index in [1.807, 2.05) is 0 Å². The Morgan fingerprint density at radius 1 is 1.43 bits per heavy atom. The van der Waals surface area contributed by atoms with Crippen molar-refractivity contribution < 1.29 is 8.42 Å². The van der Waals surface area contributed by atoms with Crippen LogP contribution in [0.1, 0.15) is 32.6 Å². The van der Waals surface area contributed by atoms with E-state index in [0.717, 1.165) is 25.7 Å². The number of nitrogens with zero attached hydrogens (tertiary/aromatic N) is 1. The summed E-state index contributed by atoms with van der Waals surface area (Å²) in [6, 6.07) is 0.145. The highest BCUT2D eigenvalue weighted by Gasteiger charge is 2.30. The molecule has 0 aliphatic carbocycles. The van der Waals surface area contributed by atoms with Gasteiger partial charge in [-0.1, -0.05) is 6.42 Å². The normalized spacial score (nSPS) is 25.1. The molecule has 1 aliphatic rings. The van der Waals surface area contributed by atoms with Gasteiger partial charge in [0.1, 0.15) is 0 Å². The minimum absolute atomic E-state index is 0.145. The molecule has 84 valence electrons. The molecular formula is C9H18ClNO2S. The lowest BCUT2D eigenvalue weighted by atomic mass is 10.0. The number of sulfonamides is 1. The zero-order valence-corrected chi connectivity index (χ0v) is 10.1. The molecule has 0 bridgehead atoms. The van der Waals surface area contributed by atoms with Crippen LogP contribution in [0.5, 0.6) is 0 Å². The SMILES string of the molecule is CCS(=O)(=O)N1CCCCC1CCCl. The van der Waals surface area contributed by atoms with Crippen molar-refractivity contribution in [1.82, 2.24) is 4.31 Å². The van der Waals surface area contributed by atoms with Crippen LogP contribution in [0.3, 0.4) is 0 Å². The molecule has 0 saturated carbocycles. The average Bonchev–Trinajstić information content (AvgIpc) is 2.19. The van der Waals surface area contributed by atoms with Gasteiger partial charge in [0, 0.05) is 18.5 Å². The summed E-state index contributed by atoms with van der Waals surface area (Å²) in [6.45, 7) is 2.37. The Kier molecular flexibility index (Phi) is 4.67. The minimum atomic E-state index is -3.02. The van der Waals surface area contributed by atoms with Crippen molar-refractivity contribution in [2.45, 2.75) is 38.6 Å². The lowest BCUT2D eigenvalue weighted by molar-refractivity contribution is 0.248. The molecule has 1 atom stereocenters. The van der Waals surface area contributed by atoms with Crippen LogP contribution in [-0.2, 0) is 10.0 Å². The molecule has 0 N–H and O–H groups in total. The Morgan fingerprint density at radius 3 is 2.71 bits per heavy atom. The van der Waals surface area contributed by atoms with E-state index in [0.29, 0.717) is 12.4 Å². The van der Waals surface area contributed by atoms with Crippen LogP contribution in [-0.4, -0.2) is 36.9 Å². The lowest BCUT2D eigenvalue weighted by Gasteiger charge is -2.34. The molecule has 0 aromatic rings. The number of halogens is 1. The van der Waals surface area contributed by atoms with E-state index >= 15 is 0 Å². The zero-order valence-electron chi connectivity index (χ0n) is 8.58. The molecule has 1 fully saturated rings. The Balaban J connectivity index is 2.72. The molecule has 3 nitrogen and oxygen atoms in total. The van der Waals surface area contributed by atoms with Gasteiger partial charge in [0.05, 0.1) is 5.75 Å². The average molecular weight is 240 g/mol. The molecule has 1 rings (SSSR count). The lowest BCUT2D eigenvalue weighted by Crippen LogP contribution is -2.44. The molecule has 1 saturated heterocycles. The molecule has 0 amide bonds. The topological polar surface area (TPSA) is 37.4 Å². The molecule has 1 unspecified atom stereocenters. The predicted octanol–water partition coefficient (Wildman–Crippen LogP) is 1.82. The van der Waals surface area contributed by atoms with Crippen LogP contribution in [0.15, 0.2) is 0 Å². The molecule has 0 radical (unpaired) electrons. The highest BCUT2D eigenvalue weighted by Crippen LogP contribution is 2.23. The van der Waals surface area contributed by atoms with Crippen molar-refractivity contribution in [1.29, 1.82) is 0 Å². The van der Waals surface area contributed by atoms with Gasteiger partial charge in [-0.15, -0.1) is 11.6 Å². The van der Waals surface area contributed by atoms with Gasteiger partial charge in [0.15, 0.2) is 0 Å². The van der Waals surface area contributed by atoms with E-state index in [2.05, 4.69) is 0 Å². The van der Waals surface area contributed by atoms with Crippen LogP contribution < -0.4 is 0 Å². The van der Waals surface area contributed by atoms with Crippen molar-refractivity contribution in [3.63, 3.8) is 0 Å². The maximum absolute atomic E-state index is 11.7. The summed E-state index contributed by atoms with van der Waals surface area (Å²) in [5.41, 5.74) is 0. The molecular weight excluding hydrogens is 222 g/mol. The van der Waals surface area contributed by atoms with Crippen molar-refractivity contribution in [2.24, 2.45) is 0 Å². The van der Waals surface area contributed by atoms with E-state index in [1.165, 1.54) is 0 Å². The van der Waals surface area contributed by atoms with Gasteiger partial charge in [0.2, 0.25) is 10.0 Å². The highest BCUT2D eigenvalue weighted by atomic mass is 35.5. The first kappa shape index (κ1) is 12.3. The zero-order chi connectivity index (χ0) is 10.6. The maximum Gasteiger partial charge on any atom is 0.214 e. The van der Waals surface area contributed by atoms with Gasteiger partial charge in [0.25, 0.3) is 0 Å². The van der Waals surface area contributed by atoms with Gasteiger partial charge < -0.3 is 0 Å². The second kappa shape index (κ2) is 5.33. The van der Waals surface area contributed by atoms with Crippen LogP contribution >= 0.6 is 11.6 Å². The summed E-state index contributed by atoms with van der Waals surface area (Å²) < 4.78 is 25.1. The van der Waals surface area contributed by atoms with Gasteiger partial charge in [-0.25, -0.2) is 8.42 Å². The van der Waals surface area contributed by atoms with E-state index < -0.39 is 10.0 Å².